The van der Waals surface area contributed by atoms with Gasteiger partial charge in [0.25, 0.3) is 0 Å². The summed E-state index contributed by atoms with van der Waals surface area (Å²) in [6, 6.07) is 7.69. The van der Waals surface area contributed by atoms with Crippen LogP contribution in [0.25, 0.3) is 22.3 Å². The normalized spacial score (nSPS) is 15.9. The van der Waals surface area contributed by atoms with E-state index in [0.29, 0.717) is 16.8 Å². The van der Waals surface area contributed by atoms with Crippen LogP contribution in [0.4, 0.5) is 0 Å². The number of hydrogen-bond acceptors (Lipinski definition) is 5. The molecule has 1 saturated heterocycles. The third kappa shape index (κ3) is 3.02. The molecule has 0 saturated carbocycles. The zero-order valence-electron chi connectivity index (χ0n) is 13.0. The maximum atomic E-state index is 10.2. The molecule has 0 radical (unpaired) electrons. The lowest BCUT2D eigenvalue weighted by Gasteiger charge is -2.26. The van der Waals surface area contributed by atoms with E-state index in [-0.39, 0.29) is 5.88 Å². The molecular weight excluding hydrogens is 372 g/mol. The zero-order valence-corrected chi connectivity index (χ0v) is 14.6. The predicted molar refractivity (Wildman–Crippen MR) is 94.8 cm³/mol. The quantitative estimate of drug-likeness (QED) is 0.674. The molecule has 7 heteroatoms. The van der Waals surface area contributed by atoms with Crippen molar-refractivity contribution in [2.75, 3.05) is 26.3 Å². The zero-order chi connectivity index (χ0) is 16.5. The number of nitrogens with zero attached hydrogens (tertiary/aromatic N) is 3. The van der Waals surface area contributed by atoms with Gasteiger partial charge in [-0.2, -0.15) is 0 Å². The number of aromatic amines is 1. The Kier molecular flexibility index (Phi) is 4.22. The van der Waals surface area contributed by atoms with E-state index >= 15 is 0 Å². The number of aromatic hydroxyl groups is 1. The van der Waals surface area contributed by atoms with E-state index < -0.39 is 0 Å². The third-order valence-electron chi connectivity index (χ3n) is 4.18. The molecule has 1 fully saturated rings. The van der Waals surface area contributed by atoms with Gasteiger partial charge in [0.2, 0.25) is 5.88 Å². The van der Waals surface area contributed by atoms with Crippen LogP contribution in [0, 0.1) is 0 Å². The van der Waals surface area contributed by atoms with Crippen LogP contribution in [0.15, 0.2) is 35.1 Å². The lowest BCUT2D eigenvalue weighted by molar-refractivity contribution is 0.0341. The van der Waals surface area contributed by atoms with Gasteiger partial charge in [0.05, 0.1) is 30.0 Å². The van der Waals surface area contributed by atoms with Crippen molar-refractivity contribution in [2.24, 2.45) is 0 Å². The molecule has 124 valence electrons. The fraction of sp³-hybridized carbons (Fsp3) is 0.294. The number of morpholine rings is 1. The van der Waals surface area contributed by atoms with Gasteiger partial charge in [-0.05, 0) is 39.7 Å². The molecule has 0 unspecified atom stereocenters. The summed E-state index contributed by atoms with van der Waals surface area (Å²) in [4.78, 5) is 14.3. The van der Waals surface area contributed by atoms with Gasteiger partial charge in [-0.15, -0.1) is 0 Å². The maximum Gasteiger partial charge on any atom is 0.200 e. The van der Waals surface area contributed by atoms with Crippen LogP contribution in [-0.2, 0) is 11.3 Å². The summed E-state index contributed by atoms with van der Waals surface area (Å²) >= 11 is 3.37. The van der Waals surface area contributed by atoms with E-state index in [1.165, 1.54) is 0 Å². The average molecular weight is 389 g/mol. The minimum absolute atomic E-state index is 0.0871. The number of hydrogen-bond donors (Lipinski definition) is 2. The number of rotatable bonds is 3. The first-order chi connectivity index (χ1) is 11.7. The van der Waals surface area contributed by atoms with Crippen LogP contribution < -0.4 is 0 Å². The number of fused-ring (bicyclic) bond motifs is 1. The number of nitrogens with one attached hydrogen (secondary N) is 1. The number of aromatic nitrogens is 3. The highest BCUT2D eigenvalue weighted by molar-refractivity contribution is 9.10. The number of H-pyrrole nitrogens is 1. The minimum atomic E-state index is 0.0871. The second kappa shape index (κ2) is 6.51. The molecule has 24 heavy (non-hydrogen) atoms. The summed E-state index contributed by atoms with van der Waals surface area (Å²) < 4.78 is 6.09. The van der Waals surface area contributed by atoms with Gasteiger partial charge in [0.15, 0.2) is 0 Å². The highest BCUT2D eigenvalue weighted by atomic mass is 79.9. The van der Waals surface area contributed by atoms with Crippen molar-refractivity contribution >= 4 is 27.0 Å². The molecule has 1 aliphatic heterocycles. The third-order valence-corrected chi connectivity index (χ3v) is 4.62. The van der Waals surface area contributed by atoms with E-state index in [2.05, 4.69) is 35.8 Å². The first-order valence-corrected chi connectivity index (χ1v) is 8.62. The van der Waals surface area contributed by atoms with Crippen molar-refractivity contribution in [2.45, 2.75) is 6.54 Å². The Morgan fingerprint density at radius 1 is 1.21 bits per heavy atom. The van der Waals surface area contributed by atoms with E-state index in [0.717, 1.165) is 48.5 Å². The predicted octanol–water partition coefficient (Wildman–Crippen LogP) is 2.93. The highest BCUT2D eigenvalue weighted by Crippen LogP contribution is 2.35. The van der Waals surface area contributed by atoms with E-state index in [1.807, 2.05) is 30.5 Å². The Morgan fingerprint density at radius 2 is 2.04 bits per heavy atom. The first-order valence-electron chi connectivity index (χ1n) is 7.83. The molecule has 3 aromatic heterocycles. The smallest absolute Gasteiger partial charge is 0.200 e. The molecule has 0 aromatic carbocycles. The fourth-order valence-electron chi connectivity index (χ4n) is 2.95. The van der Waals surface area contributed by atoms with Gasteiger partial charge in [0, 0.05) is 25.8 Å². The Labute approximate surface area is 147 Å². The molecule has 3 aromatic rings. The van der Waals surface area contributed by atoms with E-state index in [9.17, 15) is 5.11 Å². The molecule has 0 aliphatic carbocycles. The fourth-order valence-corrected chi connectivity index (χ4v) is 3.26. The van der Waals surface area contributed by atoms with Gasteiger partial charge < -0.3 is 14.8 Å². The number of ether oxygens (including phenoxy) is 1. The van der Waals surface area contributed by atoms with Crippen LogP contribution in [0.3, 0.4) is 0 Å². The second-order valence-corrected chi connectivity index (χ2v) is 6.63. The first kappa shape index (κ1) is 15.6. The monoisotopic (exact) mass is 388 g/mol. The summed E-state index contributed by atoms with van der Waals surface area (Å²) in [7, 11) is 0. The molecule has 1 aliphatic rings. The molecular formula is C17H17BrN4O2. The molecule has 2 N–H and O–H groups in total. The summed E-state index contributed by atoms with van der Waals surface area (Å²) in [5.74, 6) is 0.0871. The van der Waals surface area contributed by atoms with Gasteiger partial charge in [-0.25, -0.2) is 4.98 Å². The van der Waals surface area contributed by atoms with Crippen molar-refractivity contribution in [1.29, 1.82) is 0 Å². The topological polar surface area (TPSA) is 74.3 Å². The maximum absolute atomic E-state index is 10.2. The van der Waals surface area contributed by atoms with Gasteiger partial charge in [-0.3, -0.25) is 9.88 Å². The SMILES string of the molecule is Oc1[nH]c2ccc(Br)nc2c1-c1ccc(CN2CCOCC2)cn1. The molecule has 4 rings (SSSR count). The largest absolute Gasteiger partial charge is 0.494 e. The summed E-state index contributed by atoms with van der Waals surface area (Å²) in [5.41, 5.74) is 3.97. The Balaban J connectivity index is 1.63. The van der Waals surface area contributed by atoms with E-state index in [4.69, 9.17) is 4.74 Å². The Bertz CT molecular complexity index is 857. The Morgan fingerprint density at radius 3 is 2.79 bits per heavy atom. The highest BCUT2D eigenvalue weighted by Gasteiger charge is 2.16. The van der Waals surface area contributed by atoms with Crippen LogP contribution >= 0.6 is 15.9 Å². The van der Waals surface area contributed by atoms with Crippen molar-refractivity contribution in [3.63, 3.8) is 0 Å². The lowest BCUT2D eigenvalue weighted by atomic mass is 10.1. The summed E-state index contributed by atoms with van der Waals surface area (Å²) in [6.07, 6.45) is 1.86. The van der Waals surface area contributed by atoms with Crippen LogP contribution in [0.2, 0.25) is 0 Å². The number of halogens is 1. The van der Waals surface area contributed by atoms with Gasteiger partial charge >= 0.3 is 0 Å². The van der Waals surface area contributed by atoms with Crippen LogP contribution in [-0.4, -0.2) is 51.3 Å². The Hall–Kier alpha value is -1.96. The van der Waals surface area contributed by atoms with Crippen LogP contribution in [0.5, 0.6) is 5.88 Å². The van der Waals surface area contributed by atoms with Crippen molar-refractivity contribution in [3.8, 4) is 17.1 Å². The van der Waals surface area contributed by atoms with Crippen molar-refractivity contribution < 1.29 is 9.84 Å². The summed E-state index contributed by atoms with van der Waals surface area (Å²) in [6.45, 7) is 4.33. The van der Waals surface area contributed by atoms with Crippen LogP contribution in [0.1, 0.15) is 5.56 Å². The minimum Gasteiger partial charge on any atom is -0.494 e. The lowest BCUT2D eigenvalue weighted by Crippen LogP contribution is -2.35. The second-order valence-electron chi connectivity index (χ2n) is 5.82. The number of pyridine rings is 2. The molecule has 6 nitrogen and oxygen atoms in total. The van der Waals surface area contributed by atoms with Crippen molar-refractivity contribution in [3.05, 3.63) is 40.6 Å². The molecule has 0 bridgehead atoms. The molecule has 0 atom stereocenters. The standard InChI is InChI=1S/C17H17BrN4O2/c18-14-4-3-13-16(21-14)15(17(23)20-13)12-2-1-11(9-19-12)10-22-5-7-24-8-6-22/h1-4,9,20,23H,5-8,10H2. The molecule has 0 spiro atoms. The average Bonchev–Trinajstić information content (AvgIpc) is 2.92. The summed E-state index contributed by atoms with van der Waals surface area (Å²) in [5, 5.41) is 10.2. The van der Waals surface area contributed by atoms with Gasteiger partial charge in [-0.1, -0.05) is 6.07 Å². The van der Waals surface area contributed by atoms with E-state index in [1.54, 1.807) is 0 Å². The van der Waals surface area contributed by atoms with Gasteiger partial charge in [0.1, 0.15) is 10.1 Å². The van der Waals surface area contributed by atoms with Crippen molar-refractivity contribution in [1.82, 2.24) is 19.9 Å². The molecule has 0 amide bonds. The molecule has 4 heterocycles.